The molecule has 0 radical (unpaired) electrons. The summed E-state index contributed by atoms with van der Waals surface area (Å²) in [6, 6.07) is 3.73. The van der Waals surface area contributed by atoms with E-state index in [-0.39, 0.29) is 5.91 Å². The number of hydrogen-bond donors (Lipinski definition) is 1. The molecule has 0 aliphatic rings. The SMILES string of the molecule is O=C(CCc1ccco1)NCCCCCBr. The topological polar surface area (TPSA) is 42.2 Å². The van der Waals surface area contributed by atoms with Crippen molar-refractivity contribution in [2.45, 2.75) is 32.1 Å². The Morgan fingerprint density at radius 3 is 2.94 bits per heavy atom. The van der Waals surface area contributed by atoms with Crippen LogP contribution in [0.4, 0.5) is 0 Å². The molecular formula is C12H18BrNO2. The minimum atomic E-state index is 0.107. The molecule has 0 atom stereocenters. The van der Waals surface area contributed by atoms with Gasteiger partial charge in [0.15, 0.2) is 0 Å². The lowest BCUT2D eigenvalue weighted by Gasteiger charge is -2.03. The van der Waals surface area contributed by atoms with Crippen LogP contribution in [0.3, 0.4) is 0 Å². The van der Waals surface area contributed by atoms with Gasteiger partial charge in [-0.1, -0.05) is 22.4 Å². The minimum absolute atomic E-state index is 0.107. The fourth-order valence-corrected chi connectivity index (χ4v) is 1.80. The van der Waals surface area contributed by atoms with Crippen LogP contribution in [0.25, 0.3) is 0 Å². The summed E-state index contributed by atoms with van der Waals surface area (Å²) in [5.74, 6) is 0.977. The van der Waals surface area contributed by atoms with Gasteiger partial charge in [0, 0.05) is 24.7 Å². The highest BCUT2D eigenvalue weighted by molar-refractivity contribution is 9.09. The molecule has 0 saturated heterocycles. The van der Waals surface area contributed by atoms with E-state index in [1.54, 1.807) is 6.26 Å². The van der Waals surface area contributed by atoms with Gasteiger partial charge in [-0.25, -0.2) is 0 Å². The molecular weight excluding hydrogens is 270 g/mol. The van der Waals surface area contributed by atoms with E-state index in [9.17, 15) is 4.79 Å². The molecule has 1 rings (SSSR count). The van der Waals surface area contributed by atoms with Gasteiger partial charge < -0.3 is 9.73 Å². The normalized spacial score (nSPS) is 10.3. The van der Waals surface area contributed by atoms with Crippen LogP contribution >= 0.6 is 15.9 Å². The second kappa shape index (κ2) is 8.39. The number of amides is 1. The molecule has 0 unspecified atom stereocenters. The van der Waals surface area contributed by atoms with E-state index >= 15 is 0 Å². The number of halogens is 1. The third kappa shape index (κ3) is 5.95. The first-order valence-corrected chi connectivity index (χ1v) is 6.80. The molecule has 0 aromatic carbocycles. The van der Waals surface area contributed by atoms with E-state index in [1.807, 2.05) is 12.1 Å². The number of hydrogen-bond acceptors (Lipinski definition) is 2. The van der Waals surface area contributed by atoms with Gasteiger partial charge in [0.1, 0.15) is 5.76 Å². The van der Waals surface area contributed by atoms with Crippen molar-refractivity contribution in [1.29, 1.82) is 0 Å². The number of rotatable bonds is 8. The maximum atomic E-state index is 11.4. The van der Waals surface area contributed by atoms with Crippen LogP contribution in [0.2, 0.25) is 0 Å². The second-order valence-electron chi connectivity index (χ2n) is 3.68. The van der Waals surface area contributed by atoms with Crippen LogP contribution < -0.4 is 5.32 Å². The van der Waals surface area contributed by atoms with Crippen molar-refractivity contribution in [3.05, 3.63) is 24.2 Å². The highest BCUT2D eigenvalue weighted by Gasteiger charge is 2.02. The van der Waals surface area contributed by atoms with E-state index in [1.165, 1.54) is 6.42 Å². The first-order valence-electron chi connectivity index (χ1n) is 5.68. The Hall–Kier alpha value is -0.770. The third-order valence-electron chi connectivity index (χ3n) is 2.31. The summed E-state index contributed by atoms with van der Waals surface area (Å²) in [4.78, 5) is 11.4. The van der Waals surface area contributed by atoms with Crippen molar-refractivity contribution in [3.63, 3.8) is 0 Å². The molecule has 1 heterocycles. The van der Waals surface area contributed by atoms with Crippen LogP contribution in [-0.4, -0.2) is 17.8 Å². The summed E-state index contributed by atoms with van der Waals surface area (Å²) >= 11 is 3.38. The van der Waals surface area contributed by atoms with Gasteiger partial charge in [0.25, 0.3) is 0 Å². The molecule has 90 valence electrons. The fourth-order valence-electron chi connectivity index (χ4n) is 1.40. The molecule has 16 heavy (non-hydrogen) atoms. The van der Waals surface area contributed by atoms with E-state index < -0.39 is 0 Å². The quantitative estimate of drug-likeness (QED) is 0.590. The zero-order valence-electron chi connectivity index (χ0n) is 9.38. The molecule has 0 saturated carbocycles. The van der Waals surface area contributed by atoms with Crippen molar-refractivity contribution >= 4 is 21.8 Å². The van der Waals surface area contributed by atoms with Crippen molar-refractivity contribution in [1.82, 2.24) is 5.32 Å². The van der Waals surface area contributed by atoms with E-state index in [4.69, 9.17) is 4.42 Å². The lowest BCUT2D eigenvalue weighted by atomic mass is 10.2. The first kappa shape index (κ1) is 13.3. The van der Waals surface area contributed by atoms with Gasteiger partial charge in [-0.3, -0.25) is 4.79 Å². The van der Waals surface area contributed by atoms with Crippen molar-refractivity contribution < 1.29 is 9.21 Å². The lowest BCUT2D eigenvalue weighted by Crippen LogP contribution is -2.24. The Balaban J connectivity index is 1.99. The fraction of sp³-hybridized carbons (Fsp3) is 0.583. The van der Waals surface area contributed by atoms with Crippen LogP contribution in [0, 0.1) is 0 Å². The van der Waals surface area contributed by atoms with Gasteiger partial charge in [0.05, 0.1) is 6.26 Å². The molecule has 4 heteroatoms. The summed E-state index contributed by atoms with van der Waals surface area (Å²) in [7, 11) is 0. The van der Waals surface area contributed by atoms with Crippen molar-refractivity contribution in [3.8, 4) is 0 Å². The number of nitrogens with one attached hydrogen (secondary N) is 1. The summed E-state index contributed by atoms with van der Waals surface area (Å²) in [5, 5.41) is 3.95. The Morgan fingerprint density at radius 2 is 2.25 bits per heavy atom. The Kier molecular flexibility index (Phi) is 6.97. The standard InChI is InChI=1S/C12H18BrNO2/c13-8-2-1-3-9-14-12(15)7-6-11-5-4-10-16-11/h4-5,10H,1-3,6-9H2,(H,14,15). The predicted molar refractivity (Wildman–Crippen MR) is 67.7 cm³/mol. The van der Waals surface area contributed by atoms with Crippen LogP contribution in [0.15, 0.2) is 22.8 Å². The summed E-state index contributed by atoms with van der Waals surface area (Å²) in [6.07, 6.45) is 6.20. The van der Waals surface area contributed by atoms with Gasteiger partial charge >= 0.3 is 0 Å². The molecule has 1 amide bonds. The van der Waals surface area contributed by atoms with Crippen molar-refractivity contribution in [2.24, 2.45) is 0 Å². The first-order chi connectivity index (χ1) is 7.83. The zero-order valence-corrected chi connectivity index (χ0v) is 11.0. The van der Waals surface area contributed by atoms with Crippen LogP contribution in [0.1, 0.15) is 31.4 Å². The van der Waals surface area contributed by atoms with Crippen molar-refractivity contribution in [2.75, 3.05) is 11.9 Å². The second-order valence-corrected chi connectivity index (χ2v) is 4.47. The Morgan fingerprint density at radius 1 is 1.38 bits per heavy atom. The third-order valence-corrected chi connectivity index (χ3v) is 2.87. The summed E-state index contributed by atoms with van der Waals surface area (Å²) in [6.45, 7) is 0.782. The maximum Gasteiger partial charge on any atom is 0.220 e. The monoisotopic (exact) mass is 287 g/mol. The summed E-state index contributed by atoms with van der Waals surface area (Å²) in [5.41, 5.74) is 0. The highest BCUT2D eigenvalue weighted by atomic mass is 79.9. The van der Waals surface area contributed by atoms with Gasteiger partial charge in [-0.2, -0.15) is 0 Å². The maximum absolute atomic E-state index is 11.4. The average Bonchev–Trinajstić information content (AvgIpc) is 2.79. The number of unbranched alkanes of at least 4 members (excludes halogenated alkanes) is 2. The predicted octanol–water partition coefficient (Wildman–Crippen LogP) is 2.89. The highest BCUT2D eigenvalue weighted by Crippen LogP contribution is 2.03. The van der Waals surface area contributed by atoms with Gasteiger partial charge in [0.2, 0.25) is 5.91 Å². The minimum Gasteiger partial charge on any atom is -0.469 e. The number of alkyl halides is 1. The molecule has 0 bridgehead atoms. The zero-order chi connectivity index (χ0) is 11.6. The number of carbonyl (C=O) groups is 1. The Bertz CT molecular complexity index is 285. The number of furan rings is 1. The average molecular weight is 288 g/mol. The van der Waals surface area contributed by atoms with E-state index in [0.29, 0.717) is 12.8 Å². The molecule has 1 N–H and O–H groups in total. The Labute approximate surface area is 105 Å². The van der Waals surface area contributed by atoms with Crippen LogP contribution in [-0.2, 0) is 11.2 Å². The number of carbonyl (C=O) groups excluding carboxylic acids is 1. The largest absolute Gasteiger partial charge is 0.469 e. The summed E-state index contributed by atoms with van der Waals surface area (Å²) < 4.78 is 5.16. The van der Waals surface area contributed by atoms with Gasteiger partial charge in [-0.05, 0) is 25.0 Å². The molecule has 0 fully saturated rings. The molecule has 1 aromatic rings. The van der Waals surface area contributed by atoms with Gasteiger partial charge in [-0.15, -0.1) is 0 Å². The lowest BCUT2D eigenvalue weighted by molar-refractivity contribution is -0.121. The molecule has 0 spiro atoms. The molecule has 0 aliphatic carbocycles. The molecule has 0 aliphatic heterocycles. The number of aryl methyl sites for hydroxylation is 1. The van der Waals surface area contributed by atoms with E-state index in [0.717, 1.165) is 30.5 Å². The van der Waals surface area contributed by atoms with Crippen LogP contribution in [0.5, 0.6) is 0 Å². The van der Waals surface area contributed by atoms with E-state index in [2.05, 4.69) is 21.2 Å². The molecule has 3 nitrogen and oxygen atoms in total. The smallest absolute Gasteiger partial charge is 0.220 e. The molecule has 1 aromatic heterocycles.